The first-order chi connectivity index (χ1) is 10.1. The van der Waals surface area contributed by atoms with Crippen molar-refractivity contribution < 1.29 is 9.72 Å². The van der Waals surface area contributed by atoms with Crippen LogP contribution in [0.5, 0.6) is 0 Å². The second kappa shape index (κ2) is 5.29. The number of hydrogen-bond acceptors (Lipinski definition) is 4. The molecule has 0 bridgehead atoms. The summed E-state index contributed by atoms with van der Waals surface area (Å²) in [5.41, 5.74) is 2.46. The Hall–Kier alpha value is -2.21. The molecule has 1 amide bonds. The second-order valence-electron chi connectivity index (χ2n) is 5.06. The standard InChI is InChI=1S/C15H14N2O3S/c1-16(12-7-6-10-4-2-3-5-11(10)12)15(18)13-8-9-14(21-13)17(19)20/h2-5,8-9,12H,6-7H2,1H3/t12-/m1/s1. The quantitative estimate of drug-likeness (QED) is 0.644. The van der Waals surface area contributed by atoms with Gasteiger partial charge in [0.1, 0.15) is 0 Å². The number of hydrogen-bond donors (Lipinski definition) is 0. The first-order valence-corrected chi connectivity index (χ1v) is 7.49. The van der Waals surface area contributed by atoms with E-state index < -0.39 is 4.92 Å². The summed E-state index contributed by atoms with van der Waals surface area (Å²) in [6.07, 6.45) is 1.86. The van der Waals surface area contributed by atoms with Crippen molar-refractivity contribution in [2.75, 3.05) is 7.05 Å². The SMILES string of the molecule is CN(C(=O)c1ccc([N+](=O)[O-])s1)[C@@H]1CCc2ccccc21. The zero-order valence-electron chi connectivity index (χ0n) is 11.5. The van der Waals surface area contributed by atoms with Crippen LogP contribution in [0.25, 0.3) is 0 Å². The van der Waals surface area contributed by atoms with Crippen LogP contribution in [0.15, 0.2) is 36.4 Å². The molecule has 1 aliphatic rings. The molecule has 5 nitrogen and oxygen atoms in total. The Balaban J connectivity index is 1.83. The number of rotatable bonds is 3. The summed E-state index contributed by atoms with van der Waals surface area (Å²) < 4.78 is 0. The van der Waals surface area contributed by atoms with Crippen molar-refractivity contribution in [1.29, 1.82) is 0 Å². The summed E-state index contributed by atoms with van der Waals surface area (Å²) in [5, 5.41) is 10.7. The van der Waals surface area contributed by atoms with Crippen LogP contribution in [0.1, 0.15) is 33.3 Å². The lowest BCUT2D eigenvalue weighted by atomic mass is 10.1. The maximum atomic E-state index is 12.5. The number of nitro groups is 1. The van der Waals surface area contributed by atoms with Gasteiger partial charge >= 0.3 is 5.00 Å². The molecule has 0 spiro atoms. The van der Waals surface area contributed by atoms with E-state index in [0.29, 0.717) is 4.88 Å². The van der Waals surface area contributed by atoms with Crippen LogP contribution in [0, 0.1) is 10.1 Å². The summed E-state index contributed by atoms with van der Waals surface area (Å²) in [6, 6.07) is 11.1. The zero-order chi connectivity index (χ0) is 15.0. The van der Waals surface area contributed by atoms with Crippen molar-refractivity contribution in [1.82, 2.24) is 4.90 Å². The summed E-state index contributed by atoms with van der Waals surface area (Å²) in [7, 11) is 1.76. The highest BCUT2D eigenvalue weighted by molar-refractivity contribution is 7.17. The molecular formula is C15H14N2O3S. The van der Waals surface area contributed by atoms with E-state index in [0.717, 1.165) is 24.2 Å². The van der Waals surface area contributed by atoms with Crippen LogP contribution in [0.3, 0.4) is 0 Å². The van der Waals surface area contributed by atoms with Gasteiger partial charge in [-0.05, 0) is 30.0 Å². The van der Waals surface area contributed by atoms with Gasteiger partial charge in [0.2, 0.25) is 0 Å². The number of carbonyl (C=O) groups excluding carboxylic acids is 1. The lowest BCUT2D eigenvalue weighted by Crippen LogP contribution is -2.29. The van der Waals surface area contributed by atoms with Crippen molar-refractivity contribution in [2.24, 2.45) is 0 Å². The van der Waals surface area contributed by atoms with Gasteiger partial charge in [0, 0.05) is 13.1 Å². The van der Waals surface area contributed by atoms with Gasteiger partial charge in [-0.2, -0.15) is 0 Å². The van der Waals surface area contributed by atoms with Gasteiger partial charge in [0.15, 0.2) is 0 Å². The fourth-order valence-corrected chi connectivity index (χ4v) is 3.60. The normalized spacial score (nSPS) is 16.5. The summed E-state index contributed by atoms with van der Waals surface area (Å²) in [5.74, 6) is -0.158. The van der Waals surface area contributed by atoms with Gasteiger partial charge in [0.05, 0.1) is 15.8 Å². The molecule has 0 fully saturated rings. The summed E-state index contributed by atoms with van der Waals surface area (Å²) >= 11 is 0.927. The van der Waals surface area contributed by atoms with Gasteiger partial charge in [-0.3, -0.25) is 14.9 Å². The van der Waals surface area contributed by atoms with Crippen LogP contribution in [0.4, 0.5) is 5.00 Å². The van der Waals surface area contributed by atoms with Gasteiger partial charge in [-0.1, -0.05) is 35.6 Å². The van der Waals surface area contributed by atoms with E-state index in [4.69, 9.17) is 0 Å². The zero-order valence-corrected chi connectivity index (χ0v) is 12.3. The van der Waals surface area contributed by atoms with Gasteiger partial charge < -0.3 is 4.90 Å². The second-order valence-corrected chi connectivity index (χ2v) is 6.13. The molecule has 3 rings (SSSR count). The highest BCUT2D eigenvalue weighted by Gasteiger charge is 2.29. The van der Waals surface area contributed by atoms with E-state index in [1.165, 1.54) is 23.3 Å². The Kier molecular flexibility index (Phi) is 3.47. The number of thiophene rings is 1. The minimum absolute atomic E-state index is 0.00132. The molecule has 21 heavy (non-hydrogen) atoms. The van der Waals surface area contributed by atoms with Gasteiger partial charge in [-0.25, -0.2) is 0 Å². The minimum Gasteiger partial charge on any atom is -0.334 e. The van der Waals surface area contributed by atoms with Gasteiger partial charge in [0.25, 0.3) is 5.91 Å². The topological polar surface area (TPSA) is 63.5 Å². The molecule has 0 radical (unpaired) electrons. The summed E-state index contributed by atoms with van der Waals surface area (Å²) in [4.78, 5) is 24.8. The molecular weight excluding hydrogens is 288 g/mol. The Bertz CT molecular complexity index is 710. The monoisotopic (exact) mass is 302 g/mol. The first-order valence-electron chi connectivity index (χ1n) is 6.67. The smallest absolute Gasteiger partial charge is 0.324 e. The largest absolute Gasteiger partial charge is 0.334 e. The third-order valence-electron chi connectivity index (χ3n) is 3.87. The Morgan fingerprint density at radius 2 is 2.10 bits per heavy atom. The van der Waals surface area contributed by atoms with Crippen molar-refractivity contribution in [2.45, 2.75) is 18.9 Å². The van der Waals surface area contributed by atoms with Crippen LogP contribution >= 0.6 is 11.3 Å². The molecule has 1 atom stereocenters. The number of fused-ring (bicyclic) bond motifs is 1. The number of aryl methyl sites for hydroxylation is 1. The predicted molar refractivity (Wildman–Crippen MR) is 80.6 cm³/mol. The van der Waals surface area contributed by atoms with E-state index in [-0.39, 0.29) is 17.0 Å². The maximum absolute atomic E-state index is 12.5. The molecule has 1 aliphatic carbocycles. The van der Waals surface area contributed by atoms with Crippen molar-refractivity contribution in [3.05, 3.63) is 62.5 Å². The molecule has 1 aromatic carbocycles. The lowest BCUT2D eigenvalue weighted by Gasteiger charge is -2.24. The Labute approximate surface area is 126 Å². The number of nitrogens with zero attached hydrogens (tertiary/aromatic N) is 2. The lowest BCUT2D eigenvalue weighted by molar-refractivity contribution is -0.380. The molecule has 2 aromatic rings. The predicted octanol–water partition coefficient (Wildman–Crippen LogP) is 3.42. The average Bonchev–Trinajstić information content (AvgIpc) is 3.12. The molecule has 6 heteroatoms. The fourth-order valence-electron chi connectivity index (χ4n) is 2.79. The van der Waals surface area contributed by atoms with Crippen LogP contribution < -0.4 is 0 Å². The Morgan fingerprint density at radius 1 is 1.33 bits per heavy atom. The van der Waals surface area contributed by atoms with Crippen molar-refractivity contribution >= 4 is 22.2 Å². The van der Waals surface area contributed by atoms with E-state index in [9.17, 15) is 14.9 Å². The van der Waals surface area contributed by atoms with E-state index in [1.807, 2.05) is 18.2 Å². The van der Waals surface area contributed by atoms with E-state index in [2.05, 4.69) is 6.07 Å². The molecule has 1 heterocycles. The molecule has 0 unspecified atom stereocenters. The van der Waals surface area contributed by atoms with Gasteiger partial charge in [-0.15, -0.1) is 0 Å². The van der Waals surface area contributed by atoms with Crippen LogP contribution in [-0.2, 0) is 6.42 Å². The minimum atomic E-state index is -0.466. The number of benzene rings is 1. The first kappa shape index (κ1) is 13.8. The van der Waals surface area contributed by atoms with Crippen LogP contribution in [0.2, 0.25) is 0 Å². The van der Waals surface area contributed by atoms with E-state index in [1.54, 1.807) is 11.9 Å². The van der Waals surface area contributed by atoms with Crippen LogP contribution in [-0.4, -0.2) is 22.8 Å². The number of amides is 1. The molecule has 0 saturated carbocycles. The molecule has 0 N–H and O–H groups in total. The summed E-state index contributed by atoms with van der Waals surface area (Å²) in [6.45, 7) is 0. The molecule has 0 aliphatic heterocycles. The molecule has 0 saturated heterocycles. The van der Waals surface area contributed by atoms with Crippen molar-refractivity contribution in [3.63, 3.8) is 0 Å². The molecule has 1 aromatic heterocycles. The molecule has 108 valence electrons. The average molecular weight is 302 g/mol. The third kappa shape index (κ3) is 2.42. The fraction of sp³-hybridized carbons (Fsp3) is 0.267. The highest BCUT2D eigenvalue weighted by atomic mass is 32.1. The maximum Gasteiger partial charge on any atom is 0.324 e. The highest BCUT2D eigenvalue weighted by Crippen LogP contribution is 2.36. The third-order valence-corrected chi connectivity index (χ3v) is 4.90. The number of carbonyl (C=O) groups is 1. The Morgan fingerprint density at radius 3 is 2.81 bits per heavy atom. The van der Waals surface area contributed by atoms with Crippen molar-refractivity contribution in [3.8, 4) is 0 Å². The van der Waals surface area contributed by atoms with E-state index >= 15 is 0 Å².